The summed E-state index contributed by atoms with van der Waals surface area (Å²) in [7, 11) is 2.52. The van der Waals surface area contributed by atoms with E-state index in [0.717, 1.165) is 0 Å². The number of hydrogen-bond acceptors (Lipinski definition) is 9. The predicted molar refractivity (Wildman–Crippen MR) is 100 cm³/mol. The van der Waals surface area contributed by atoms with Crippen LogP contribution >= 0.6 is 0 Å². The summed E-state index contributed by atoms with van der Waals surface area (Å²) in [5.74, 6) is -1.51. The number of allylic oxidation sites excluding steroid dienone is 2. The van der Waals surface area contributed by atoms with Gasteiger partial charge in [-0.05, 0) is 31.5 Å². The molecule has 0 fully saturated rings. The van der Waals surface area contributed by atoms with Gasteiger partial charge in [-0.3, -0.25) is 0 Å². The molecule has 0 bridgehead atoms. The standard InChI is InChI=1S/C19H22N2O8/c1-11-15(18(22)26-3)17(16(12(2)20-11)19(23)27-4)13-6-5-7-14(10-13)28-8-9-29-21(24)25/h5-7,10,17,20H,8-9H2,1-4H3. The van der Waals surface area contributed by atoms with Crippen LogP contribution in [0, 0.1) is 10.1 Å². The van der Waals surface area contributed by atoms with Gasteiger partial charge in [0.1, 0.15) is 19.0 Å². The molecular formula is C19H22N2O8. The Balaban J connectivity index is 2.43. The molecule has 0 saturated carbocycles. The van der Waals surface area contributed by atoms with Gasteiger partial charge in [0, 0.05) is 11.4 Å². The molecule has 0 amide bonds. The first-order chi connectivity index (χ1) is 13.8. The average Bonchev–Trinajstić information content (AvgIpc) is 2.69. The molecule has 1 aliphatic heterocycles. The maximum atomic E-state index is 12.5. The Morgan fingerprint density at radius 1 is 1.07 bits per heavy atom. The van der Waals surface area contributed by atoms with Gasteiger partial charge in [0.2, 0.25) is 0 Å². The van der Waals surface area contributed by atoms with Gasteiger partial charge in [-0.15, -0.1) is 10.1 Å². The summed E-state index contributed by atoms with van der Waals surface area (Å²) < 4.78 is 15.3. The van der Waals surface area contributed by atoms with Crippen molar-refractivity contribution in [2.75, 3.05) is 27.4 Å². The van der Waals surface area contributed by atoms with E-state index >= 15 is 0 Å². The highest BCUT2D eigenvalue weighted by molar-refractivity contribution is 5.99. The quantitative estimate of drug-likeness (QED) is 0.298. The molecule has 10 heteroatoms. The minimum Gasteiger partial charge on any atom is -0.492 e. The lowest BCUT2D eigenvalue weighted by molar-refractivity contribution is -0.757. The summed E-state index contributed by atoms with van der Waals surface area (Å²) in [5, 5.41) is 12.3. The molecule has 1 aromatic carbocycles. The van der Waals surface area contributed by atoms with Crippen molar-refractivity contribution in [1.82, 2.24) is 5.32 Å². The molecule has 0 aromatic heterocycles. The van der Waals surface area contributed by atoms with Crippen LogP contribution in [0.15, 0.2) is 46.8 Å². The van der Waals surface area contributed by atoms with Gasteiger partial charge in [-0.1, -0.05) is 12.1 Å². The fourth-order valence-corrected chi connectivity index (χ4v) is 3.14. The molecule has 0 spiro atoms. The van der Waals surface area contributed by atoms with Crippen molar-refractivity contribution < 1.29 is 33.7 Å². The molecule has 29 heavy (non-hydrogen) atoms. The van der Waals surface area contributed by atoms with E-state index in [1.54, 1.807) is 38.1 Å². The number of ether oxygens (including phenoxy) is 3. The molecule has 0 unspecified atom stereocenters. The smallest absolute Gasteiger partial charge is 0.336 e. The van der Waals surface area contributed by atoms with E-state index in [9.17, 15) is 19.7 Å². The average molecular weight is 406 g/mol. The number of esters is 2. The molecule has 0 atom stereocenters. The van der Waals surface area contributed by atoms with Gasteiger partial charge in [0.25, 0.3) is 5.09 Å². The van der Waals surface area contributed by atoms with Crippen LogP contribution in [0.25, 0.3) is 0 Å². The van der Waals surface area contributed by atoms with Crippen LogP contribution in [0.4, 0.5) is 0 Å². The van der Waals surface area contributed by atoms with Crippen molar-refractivity contribution in [3.63, 3.8) is 0 Å². The van der Waals surface area contributed by atoms with Gasteiger partial charge in [0.05, 0.1) is 31.3 Å². The van der Waals surface area contributed by atoms with Gasteiger partial charge in [-0.2, -0.15) is 0 Å². The van der Waals surface area contributed by atoms with Crippen molar-refractivity contribution in [1.29, 1.82) is 0 Å². The molecule has 156 valence electrons. The monoisotopic (exact) mass is 406 g/mol. The van der Waals surface area contributed by atoms with Crippen molar-refractivity contribution in [3.8, 4) is 5.75 Å². The van der Waals surface area contributed by atoms with E-state index in [1.807, 2.05) is 0 Å². The first-order valence-corrected chi connectivity index (χ1v) is 8.65. The van der Waals surface area contributed by atoms with E-state index in [0.29, 0.717) is 22.7 Å². The van der Waals surface area contributed by atoms with E-state index in [-0.39, 0.29) is 24.4 Å². The van der Waals surface area contributed by atoms with Crippen molar-refractivity contribution in [2.24, 2.45) is 0 Å². The Morgan fingerprint density at radius 2 is 1.66 bits per heavy atom. The number of carbonyl (C=O) groups is 2. The van der Waals surface area contributed by atoms with E-state index < -0.39 is 22.9 Å². The van der Waals surface area contributed by atoms with Crippen LogP contribution in [0.3, 0.4) is 0 Å². The first-order valence-electron chi connectivity index (χ1n) is 8.65. The summed E-state index contributed by atoms with van der Waals surface area (Å²) in [6.07, 6.45) is 0. The molecule has 1 aromatic rings. The number of hydrogen-bond donors (Lipinski definition) is 1. The lowest BCUT2D eigenvalue weighted by atomic mass is 9.80. The summed E-state index contributed by atoms with van der Waals surface area (Å²) in [6.45, 7) is 3.15. The fourth-order valence-electron chi connectivity index (χ4n) is 3.14. The summed E-state index contributed by atoms with van der Waals surface area (Å²) >= 11 is 0. The number of nitrogens with zero attached hydrogens (tertiary/aromatic N) is 1. The Kier molecular flexibility index (Phi) is 7.18. The van der Waals surface area contributed by atoms with Crippen LogP contribution in [0.2, 0.25) is 0 Å². The number of methoxy groups -OCH3 is 2. The molecular weight excluding hydrogens is 384 g/mol. The third-order valence-corrected chi connectivity index (χ3v) is 4.31. The summed E-state index contributed by atoms with van der Waals surface area (Å²) in [5.41, 5.74) is 2.24. The summed E-state index contributed by atoms with van der Waals surface area (Å²) in [4.78, 5) is 39.4. The lowest BCUT2D eigenvalue weighted by Crippen LogP contribution is -2.32. The SMILES string of the molecule is COC(=O)C1=C(C)NC(C)=C(C(=O)OC)C1c1cccc(OCCO[N+](=O)[O-])c1. The topological polar surface area (TPSA) is 126 Å². The highest BCUT2D eigenvalue weighted by Gasteiger charge is 2.37. The third kappa shape index (κ3) is 5.03. The van der Waals surface area contributed by atoms with E-state index in [4.69, 9.17) is 14.2 Å². The number of carbonyl (C=O) groups excluding carboxylic acids is 2. The number of rotatable bonds is 8. The van der Waals surface area contributed by atoms with Crippen LogP contribution in [0.1, 0.15) is 25.3 Å². The molecule has 0 saturated heterocycles. The second kappa shape index (κ2) is 9.58. The van der Waals surface area contributed by atoms with Crippen molar-refractivity contribution in [3.05, 3.63) is 62.5 Å². The van der Waals surface area contributed by atoms with Crippen molar-refractivity contribution >= 4 is 11.9 Å². The van der Waals surface area contributed by atoms with Crippen molar-refractivity contribution in [2.45, 2.75) is 19.8 Å². The predicted octanol–water partition coefficient (Wildman–Crippen LogP) is 1.85. The van der Waals surface area contributed by atoms with Gasteiger partial charge < -0.3 is 24.4 Å². The molecule has 2 rings (SSSR count). The number of nitrogens with one attached hydrogen (secondary N) is 1. The van der Waals surface area contributed by atoms with Gasteiger partial charge in [0.15, 0.2) is 0 Å². The van der Waals surface area contributed by atoms with Crippen LogP contribution in [0.5, 0.6) is 5.75 Å². The van der Waals surface area contributed by atoms with Crippen LogP contribution in [-0.4, -0.2) is 44.5 Å². The molecule has 0 radical (unpaired) electrons. The maximum absolute atomic E-state index is 12.5. The third-order valence-electron chi connectivity index (χ3n) is 4.31. The second-order valence-corrected chi connectivity index (χ2v) is 6.10. The Bertz CT molecular complexity index is 837. The highest BCUT2D eigenvalue weighted by atomic mass is 17.0. The van der Waals surface area contributed by atoms with Crippen LogP contribution in [-0.2, 0) is 23.9 Å². The zero-order valence-electron chi connectivity index (χ0n) is 16.5. The van der Waals surface area contributed by atoms with Gasteiger partial charge >= 0.3 is 11.9 Å². The summed E-state index contributed by atoms with van der Waals surface area (Å²) in [6, 6.07) is 6.73. The largest absolute Gasteiger partial charge is 0.492 e. The zero-order chi connectivity index (χ0) is 21.6. The Hall–Kier alpha value is -3.56. The molecule has 1 heterocycles. The molecule has 0 aliphatic carbocycles. The molecule has 1 N–H and O–H groups in total. The lowest BCUT2D eigenvalue weighted by Gasteiger charge is -2.30. The number of dihydropyridines is 1. The normalized spacial score (nSPS) is 14.2. The first kappa shape index (κ1) is 21.7. The van der Waals surface area contributed by atoms with Crippen LogP contribution < -0.4 is 10.1 Å². The minimum absolute atomic E-state index is 0.0475. The highest BCUT2D eigenvalue weighted by Crippen LogP contribution is 2.40. The number of benzene rings is 1. The molecule has 10 nitrogen and oxygen atoms in total. The molecule has 1 aliphatic rings. The minimum atomic E-state index is -0.902. The Labute approximate surface area is 167 Å². The maximum Gasteiger partial charge on any atom is 0.336 e. The Morgan fingerprint density at radius 3 is 2.17 bits per heavy atom. The fraction of sp³-hybridized carbons (Fsp3) is 0.368. The van der Waals surface area contributed by atoms with E-state index in [2.05, 4.69) is 10.2 Å². The van der Waals surface area contributed by atoms with Gasteiger partial charge in [-0.25, -0.2) is 9.59 Å². The van der Waals surface area contributed by atoms with E-state index in [1.165, 1.54) is 14.2 Å². The zero-order valence-corrected chi connectivity index (χ0v) is 16.5. The second-order valence-electron chi connectivity index (χ2n) is 6.10.